The lowest BCUT2D eigenvalue weighted by atomic mass is 10.2. The molecule has 166 valence electrons. The van der Waals surface area contributed by atoms with Crippen molar-refractivity contribution in [3.8, 4) is 11.5 Å². The molecule has 0 radical (unpaired) electrons. The van der Waals surface area contributed by atoms with Gasteiger partial charge in [-0.25, -0.2) is 9.78 Å². The molecule has 0 spiro atoms. The van der Waals surface area contributed by atoms with Crippen molar-refractivity contribution in [3.63, 3.8) is 0 Å². The number of H-pyrrole nitrogens is 1. The number of aryl methyl sites for hydroxylation is 1. The van der Waals surface area contributed by atoms with Gasteiger partial charge in [-0.1, -0.05) is 0 Å². The molecule has 0 atom stereocenters. The fourth-order valence-electron chi connectivity index (χ4n) is 2.52. The molecule has 11 nitrogen and oxygen atoms in total. The molecule has 2 aromatic rings. The number of nitrogens with zero attached hydrogens (tertiary/aromatic N) is 1. The van der Waals surface area contributed by atoms with Gasteiger partial charge in [0, 0.05) is 12.6 Å². The SMILES string of the molecule is COc1cc2c(=O)[nH]c(C)nc2cc1OCCOCCOCCOCCNC(=O)O. The van der Waals surface area contributed by atoms with Gasteiger partial charge in [0.15, 0.2) is 11.5 Å². The third kappa shape index (κ3) is 7.85. The number of aromatic nitrogens is 2. The van der Waals surface area contributed by atoms with Crippen LogP contribution in [-0.2, 0) is 14.2 Å². The molecule has 0 bridgehead atoms. The average molecular weight is 425 g/mol. The van der Waals surface area contributed by atoms with Crippen LogP contribution < -0.4 is 20.3 Å². The molecule has 3 N–H and O–H groups in total. The number of carbonyl (C=O) groups is 1. The van der Waals surface area contributed by atoms with Crippen molar-refractivity contribution >= 4 is 17.0 Å². The maximum Gasteiger partial charge on any atom is 0.404 e. The Morgan fingerprint density at radius 2 is 1.67 bits per heavy atom. The molecular formula is C19H27N3O8. The van der Waals surface area contributed by atoms with Crippen molar-refractivity contribution in [1.82, 2.24) is 15.3 Å². The molecule has 2 rings (SSSR count). The molecule has 0 aliphatic rings. The van der Waals surface area contributed by atoms with Gasteiger partial charge in [-0.15, -0.1) is 0 Å². The molecular weight excluding hydrogens is 398 g/mol. The second-order valence-electron chi connectivity index (χ2n) is 6.09. The van der Waals surface area contributed by atoms with E-state index in [1.807, 2.05) is 0 Å². The normalized spacial score (nSPS) is 10.9. The molecule has 0 saturated heterocycles. The van der Waals surface area contributed by atoms with E-state index in [2.05, 4.69) is 15.3 Å². The summed E-state index contributed by atoms with van der Waals surface area (Å²) in [4.78, 5) is 29.2. The Balaban J connectivity index is 1.61. The van der Waals surface area contributed by atoms with E-state index in [0.717, 1.165) is 0 Å². The van der Waals surface area contributed by atoms with Gasteiger partial charge in [-0.3, -0.25) is 4.79 Å². The third-order valence-corrected chi connectivity index (χ3v) is 3.86. The van der Waals surface area contributed by atoms with Crippen LogP contribution in [0.5, 0.6) is 11.5 Å². The van der Waals surface area contributed by atoms with Crippen molar-refractivity contribution < 1.29 is 33.6 Å². The minimum atomic E-state index is -1.07. The van der Waals surface area contributed by atoms with E-state index in [4.69, 9.17) is 28.8 Å². The first-order valence-corrected chi connectivity index (χ1v) is 9.42. The van der Waals surface area contributed by atoms with Gasteiger partial charge in [0.2, 0.25) is 0 Å². The van der Waals surface area contributed by atoms with Crippen LogP contribution in [0.15, 0.2) is 16.9 Å². The molecule has 0 aliphatic carbocycles. The third-order valence-electron chi connectivity index (χ3n) is 3.86. The Hall–Kier alpha value is -2.89. The standard InChI is InChI=1S/C19H27N3O8/c1-13-21-15-12-17(16(26-2)11-14(15)18(23)22-13)30-10-9-29-8-7-28-6-5-27-4-3-20-19(24)25/h11-12,20H,3-10H2,1-2H3,(H,24,25)(H,21,22,23). The van der Waals surface area contributed by atoms with Gasteiger partial charge < -0.3 is 39.1 Å². The van der Waals surface area contributed by atoms with Gasteiger partial charge >= 0.3 is 6.09 Å². The highest BCUT2D eigenvalue weighted by Gasteiger charge is 2.11. The second kappa shape index (κ2) is 12.6. The number of hydrogen-bond donors (Lipinski definition) is 3. The van der Waals surface area contributed by atoms with Crippen LogP contribution in [0.3, 0.4) is 0 Å². The molecule has 0 fully saturated rings. The number of amides is 1. The van der Waals surface area contributed by atoms with E-state index in [-0.39, 0.29) is 12.1 Å². The number of fused-ring (bicyclic) bond motifs is 1. The van der Waals surface area contributed by atoms with Gasteiger partial charge in [-0.05, 0) is 13.0 Å². The van der Waals surface area contributed by atoms with Crippen LogP contribution >= 0.6 is 0 Å². The smallest absolute Gasteiger partial charge is 0.404 e. The number of methoxy groups -OCH3 is 1. The highest BCUT2D eigenvalue weighted by molar-refractivity contribution is 5.81. The molecule has 0 unspecified atom stereocenters. The Kier molecular flexibility index (Phi) is 9.84. The van der Waals surface area contributed by atoms with Crippen LogP contribution in [0.2, 0.25) is 0 Å². The van der Waals surface area contributed by atoms with Gasteiger partial charge in [0.05, 0.1) is 57.7 Å². The second-order valence-corrected chi connectivity index (χ2v) is 6.09. The topological polar surface area (TPSA) is 141 Å². The van der Waals surface area contributed by atoms with Crippen LogP contribution in [-0.4, -0.2) is 81.1 Å². The molecule has 11 heteroatoms. The Morgan fingerprint density at radius 3 is 2.30 bits per heavy atom. The van der Waals surface area contributed by atoms with Crippen LogP contribution in [0, 0.1) is 6.92 Å². The summed E-state index contributed by atoms with van der Waals surface area (Å²) in [5, 5.41) is 11.0. The maximum absolute atomic E-state index is 12.0. The Labute approximate surface area is 173 Å². The van der Waals surface area contributed by atoms with E-state index in [1.54, 1.807) is 19.1 Å². The minimum absolute atomic E-state index is 0.229. The summed E-state index contributed by atoms with van der Waals surface area (Å²) < 4.78 is 27.0. The summed E-state index contributed by atoms with van der Waals surface area (Å²) in [6.45, 7) is 4.47. The summed E-state index contributed by atoms with van der Waals surface area (Å²) in [7, 11) is 1.50. The number of ether oxygens (including phenoxy) is 5. The highest BCUT2D eigenvalue weighted by atomic mass is 16.6. The number of benzene rings is 1. The number of hydrogen-bond acceptors (Lipinski definition) is 8. The maximum atomic E-state index is 12.0. The van der Waals surface area contributed by atoms with Crippen LogP contribution in [0.1, 0.15) is 5.82 Å². The van der Waals surface area contributed by atoms with Crippen LogP contribution in [0.25, 0.3) is 10.9 Å². The van der Waals surface area contributed by atoms with E-state index in [1.165, 1.54) is 7.11 Å². The van der Waals surface area contributed by atoms with Crippen LogP contribution in [0.4, 0.5) is 4.79 Å². The predicted molar refractivity (Wildman–Crippen MR) is 108 cm³/mol. The van der Waals surface area contributed by atoms with Crippen molar-refractivity contribution in [2.75, 3.05) is 59.9 Å². The Bertz CT molecular complexity index is 871. The monoisotopic (exact) mass is 425 g/mol. The van der Waals surface area contributed by atoms with Gasteiger partial charge in [-0.2, -0.15) is 0 Å². The van der Waals surface area contributed by atoms with Crippen molar-refractivity contribution in [1.29, 1.82) is 0 Å². The first kappa shape index (κ1) is 23.4. The zero-order valence-corrected chi connectivity index (χ0v) is 17.1. The fourth-order valence-corrected chi connectivity index (χ4v) is 2.52. The van der Waals surface area contributed by atoms with Gasteiger partial charge in [0.1, 0.15) is 12.4 Å². The summed E-state index contributed by atoms with van der Waals surface area (Å²) in [6.07, 6.45) is -1.07. The van der Waals surface area contributed by atoms with Crippen molar-refractivity contribution in [3.05, 3.63) is 28.3 Å². The summed E-state index contributed by atoms with van der Waals surface area (Å²) >= 11 is 0. The number of aromatic amines is 1. The van der Waals surface area contributed by atoms with Crippen molar-refractivity contribution in [2.24, 2.45) is 0 Å². The summed E-state index contributed by atoms with van der Waals surface area (Å²) in [5.74, 6) is 1.45. The molecule has 30 heavy (non-hydrogen) atoms. The van der Waals surface area contributed by atoms with E-state index >= 15 is 0 Å². The summed E-state index contributed by atoms with van der Waals surface area (Å²) in [6, 6.07) is 3.27. The number of rotatable bonds is 14. The van der Waals surface area contributed by atoms with E-state index in [9.17, 15) is 9.59 Å². The first-order valence-electron chi connectivity index (χ1n) is 9.42. The molecule has 1 aromatic heterocycles. The lowest BCUT2D eigenvalue weighted by molar-refractivity contribution is 0.00981. The number of carboxylic acid groups (broad SMARTS) is 1. The summed E-state index contributed by atoms with van der Waals surface area (Å²) in [5.41, 5.74) is 0.301. The zero-order chi connectivity index (χ0) is 21.8. The predicted octanol–water partition coefficient (Wildman–Crippen LogP) is 0.936. The van der Waals surface area contributed by atoms with E-state index < -0.39 is 6.09 Å². The quantitative estimate of drug-likeness (QED) is 0.377. The zero-order valence-electron chi connectivity index (χ0n) is 17.1. The fraction of sp³-hybridized carbons (Fsp3) is 0.526. The largest absolute Gasteiger partial charge is 0.493 e. The van der Waals surface area contributed by atoms with Crippen molar-refractivity contribution in [2.45, 2.75) is 6.92 Å². The van der Waals surface area contributed by atoms with Gasteiger partial charge in [0.25, 0.3) is 5.56 Å². The molecule has 0 saturated carbocycles. The highest BCUT2D eigenvalue weighted by Crippen LogP contribution is 2.30. The molecule has 0 aliphatic heterocycles. The molecule has 1 amide bonds. The average Bonchev–Trinajstić information content (AvgIpc) is 2.70. The number of nitrogens with one attached hydrogen (secondary N) is 2. The Morgan fingerprint density at radius 1 is 1.03 bits per heavy atom. The lowest BCUT2D eigenvalue weighted by Gasteiger charge is -2.12. The lowest BCUT2D eigenvalue weighted by Crippen LogP contribution is -2.25. The molecule has 1 aromatic carbocycles. The minimum Gasteiger partial charge on any atom is -0.493 e. The first-order chi connectivity index (χ1) is 14.5. The molecule has 1 heterocycles. The van der Waals surface area contributed by atoms with E-state index in [0.29, 0.717) is 74.5 Å².